The molecule has 0 aliphatic carbocycles. The average molecular weight is 587 g/mol. The van der Waals surface area contributed by atoms with E-state index < -0.39 is 22.8 Å². The SMILES string of the molecule is COc1cc(/C=C2\C(=O)NC(=O)N(c3ccccc3Cl)C2=O)cc(Br)c1OCc1ccc([N+](=O)[O-])cc1. The molecule has 0 spiro atoms. The van der Waals surface area contributed by atoms with Crippen molar-refractivity contribution in [2.45, 2.75) is 6.61 Å². The largest absolute Gasteiger partial charge is 0.493 e. The molecule has 1 heterocycles. The molecule has 1 saturated heterocycles. The van der Waals surface area contributed by atoms with Crippen LogP contribution in [-0.2, 0) is 16.2 Å². The number of halogens is 2. The van der Waals surface area contributed by atoms with Crippen LogP contribution in [0.15, 0.2) is 70.7 Å². The fourth-order valence-electron chi connectivity index (χ4n) is 3.51. The molecule has 1 N–H and O–H groups in total. The van der Waals surface area contributed by atoms with Gasteiger partial charge in [0, 0.05) is 12.1 Å². The van der Waals surface area contributed by atoms with Gasteiger partial charge >= 0.3 is 6.03 Å². The number of rotatable bonds is 7. The van der Waals surface area contributed by atoms with E-state index in [1.165, 1.54) is 37.5 Å². The van der Waals surface area contributed by atoms with Crippen LogP contribution in [0.4, 0.5) is 16.2 Å². The van der Waals surface area contributed by atoms with Gasteiger partial charge in [0.15, 0.2) is 11.5 Å². The van der Waals surface area contributed by atoms with Gasteiger partial charge in [0.25, 0.3) is 17.5 Å². The Hall–Kier alpha value is -4.22. The molecule has 0 aromatic heterocycles. The zero-order valence-electron chi connectivity index (χ0n) is 19.1. The Morgan fingerprint density at radius 1 is 1.11 bits per heavy atom. The van der Waals surface area contributed by atoms with Crippen molar-refractivity contribution in [2.24, 2.45) is 0 Å². The lowest BCUT2D eigenvalue weighted by molar-refractivity contribution is -0.384. The van der Waals surface area contributed by atoms with E-state index in [0.29, 0.717) is 27.1 Å². The van der Waals surface area contributed by atoms with Crippen LogP contribution in [0.1, 0.15) is 11.1 Å². The van der Waals surface area contributed by atoms with Crippen LogP contribution in [0.25, 0.3) is 6.08 Å². The first-order valence-corrected chi connectivity index (χ1v) is 11.8. The number of nitrogens with zero attached hydrogens (tertiary/aromatic N) is 2. The molecule has 12 heteroatoms. The lowest BCUT2D eigenvalue weighted by Gasteiger charge is -2.27. The molecule has 37 heavy (non-hydrogen) atoms. The monoisotopic (exact) mass is 585 g/mol. The van der Waals surface area contributed by atoms with Gasteiger partial charge in [0.2, 0.25) is 0 Å². The minimum atomic E-state index is -0.908. The number of anilines is 1. The van der Waals surface area contributed by atoms with Crippen molar-refractivity contribution in [3.05, 3.63) is 97.0 Å². The number of nitro benzene ring substituents is 1. The van der Waals surface area contributed by atoms with Crippen LogP contribution in [0.2, 0.25) is 5.02 Å². The molecule has 0 radical (unpaired) electrons. The number of nitro groups is 1. The van der Waals surface area contributed by atoms with Crippen molar-refractivity contribution in [3.63, 3.8) is 0 Å². The summed E-state index contributed by atoms with van der Waals surface area (Å²) in [5, 5.41) is 13.1. The smallest absolute Gasteiger partial charge is 0.335 e. The molecule has 4 rings (SSSR count). The van der Waals surface area contributed by atoms with E-state index in [2.05, 4.69) is 21.2 Å². The number of urea groups is 1. The summed E-state index contributed by atoms with van der Waals surface area (Å²) in [6.45, 7) is 0.100. The Morgan fingerprint density at radius 3 is 2.46 bits per heavy atom. The summed E-state index contributed by atoms with van der Waals surface area (Å²) in [5.74, 6) is -1.05. The van der Waals surface area contributed by atoms with Gasteiger partial charge < -0.3 is 9.47 Å². The second-order valence-electron chi connectivity index (χ2n) is 7.66. The van der Waals surface area contributed by atoms with Gasteiger partial charge in [-0.05, 0) is 69.5 Å². The second kappa shape index (κ2) is 10.8. The van der Waals surface area contributed by atoms with E-state index in [-0.39, 0.29) is 28.6 Å². The zero-order chi connectivity index (χ0) is 26.7. The van der Waals surface area contributed by atoms with Gasteiger partial charge in [-0.3, -0.25) is 25.0 Å². The van der Waals surface area contributed by atoms with Crippen molar-refractivity contribution in [2.75, 3.05) is 12.0 Å². The molecular weight excluding hydrogens is 570 g/mol. The summed E-state index contributed by atoms with van der Waals surface area (Å²) in [5.41, 5.74) is 0.931. The first kappa shape index (κ1) is 25.9. The molecule has 0 saturated carbocycles. The Morgan fingerprint density at radius 2 is 1.81 bits per heavy atom. The van der Waals surface area contributed by atoms with Crippen LogP contribution in [0, 0.1) is 10.1 Å². The Labute approximate surface area is 223 Å². The van der Waals surface area contributed by atoms with Crippen molar-refractivity contribution in [1.29, 1.82) is 0 Å². The maximum atomic E-state index is 13.1. The maximum absolute atomic E-state index is 13.1. The lowest BCUT2D eigenvalue weighted by atomic mass is 10.1. The van der Waals surface area contributed by atoms with E-state index in [9.17, 15) is 24.5 Å². The number of methoxy groups -OCH3 is 1. The van der Waals surface area contributed by atoms with Gasteiger partial charge in [-0.1, -0.05) is 23.7 Å². The molecule has 0 bridgehead atoms. The number of hydrogen-bond acceptors (Lipinski definition) is 7. The van der Waals surface area contributed by atoms with E-state index in [4.69, 9.17) is 21.1 Å². The summed E-state index contributed by atoms with van der Waals surface area (Å²) < 4.78 is 11.8. The number of ether oxygens (including phenoxy) is 2. The Bertz CT molecular complexity index is 1460. The standard InChI is InChI=1S/C25H17BrClN3O7/c1-36-21-12-15(11-18(26)22(21)37-13-14-6-8-16(9-7-14)30(34)35)10-17-23(31)28-25(33)29(24(17)32)20-5-3-2-4-19(20)27/h2-12H,13H2,1H3,(H,28,31,33)/b17-10+. The van der Waals surface area contributed by atoms with Crippen molar-refractivity contribution < 1.29 is 28.8 Å². The van der Waals surface area contributed by atoms with Crippen LogP contribution in [-0.4, -0.2) is 29.9 Å². The number of carbonyl (C=O) groups is 3. The summed E-state index contributed by atoms with van der Waals surface area (Å²) in [6, 6.07) is 14.4. The fraction of sp³-hybridized carbons (Fsp3) is 0.0800. The van der Waals surface area contributed by atoms with E-state index >= 15 is 0 Å². The molecule has 10 nitrogen and oxygen atoms in total. The number of amides is 4. The summed E-state index contributed by atoms with van der Waals surface area (Å²) in [4.78, 5) is 49.2. The van der Waals surface area contributed by atoms with Crippen molar-refractivity contribution in [3.8, 4) is 11.5 Å². The van der Waals surface area contributed by atoms with Crippen molar-refractivity contribution >= 4 is 62.8 Å². The third kappa shape index (κ3) is 5.47. The number of barbiturate groups is 1. The summed E-state index contributed by atoms with van der Waals surface area (Å²) in [6.07, 6.45) is 1.32. The summed E-state index contributed by atoms with van der Waals surface area (Å²) >= 11 is 9.58. The van der Waals surface area contributed by atoms with E-state index in [1.807, 2.05) is 0 Å². The van der Waals surface area contributed by atoms with Crippen LogP contribution in [0.5, 0.6) is 11.5 Å². The number of non-ortho nitro benzene ring substituents is 1. The van der Waals surface area contributed by atoms with E-state index in [0.717, 1.165) is 4.90 Å². The minimum absolute atomic E-state index is 0.0315. The average Bonchev–Trinajstić information content (AvgIpc) is 2.87. The second-order valence-corrected chi connectivity index (χ2v) is 8.92. The Kier molecular flexibility index (Phi) is 7.55. The third-order valence-electron chi connectivity index (χ3n) is 5.29. The highest BCUT2D eigenvalue weighted by molar-refractivity contribution is 9.10. The summed E-state index contributed by atoms with van der Waals surface area (Å²) in [7, 11) is 1.42. The molecule has 188 valence electrons. The van der Waals surface area contributed by atoms with Crippen LogP contribution >= 0.6 is 27.5 Å². The van der Waals surface area contributed by atoms with Gasteiger partial charge in [-0.15, -0.1) is 0 Å². The van der Waals surface area contributed by atoms with Crippen molar-refractivity contribution in [1.82, 2.24) is 5.32 Å². The number of para-hydroxylation sites is 1. The van der Waals surface area contributed by atoms with Gasteiger partial charge in [0.05, 0.1) is 27.2 Å². The quantitative estimate of drug-likeness (QED) is 0.173. The Balaban J connectivity index is 1.62. The number of carbonyl (C=O) groups excluding carboxylic acids is 3. The normalized spacial score (nSPS) is 14.5. The first-order valence-electron chi connectivity index (χ1n) is 10.6. The van der Waals surface area contributed by atoms with Crippen LogP contribution in [0.3, 0.4) is 0 Å². The first-order chi connectivity index (χ1) is 17.7. The predicted molar refractivity (Wildman–Crippen MR) is 139 cm³/mol. The molecule has 3 aromatic carbocycles. The third-order valence-corrected chi connectivity index (χ3v) is 6.20. The van der Waals surface area contributed by atoms with E-state index in [1.54, 1.807) is 36.4 Å². The lowest BCUT2D eigenvalue weighted by Crippen LogP contribution is -2.54. The maximum Gasteiger partial charge on any atom is 0.335 e. The molecule has 3 aromatic rings. The molecule has 1 aliphatic heterocycles. The fourth-order valence-corrected chi connectivity index (χ4v) is 4.30. The molecule has 0 unspecified atom stereocenters. The van der Waals surface area contributed by atoms with Gasteiger partial charge in [-0.2, -0.15) is 0 Å². The van der Waals surface area contributed by atoms with Gasteiger partial charge in [-0.25, -0.2) is 9.69 Å². The molecule has 1 aliphatic rings. The highest BCUT2D eigenvalue weighted by atomic mass is 79.9. The highest BCUT2D eigenvalue weighted by Crippen LogP contribution is 2.38. The number of nitrogens with one attached hydrogen (secondary N) is 1. The predicted octanol–water partition coefficient (Wildman–Crippen LogP) is 5.26. The molecule has 1 fully saturated rings. The highest BCUT2D eigenvalue weighted by Gasteiger charge is 2.37. The number of imide groups is 2. The zero-order valence-corrected chi connectivity index (χ0v) is 21.4. The molecular formula is C25H17BrClN3O7. The topological polar surface area (TPSA) is 128 Å². The minimum Gasteiger partial charge on any atom is -0.493 e. The number of hydrogen-bond donors (Lipinski definition) is 1. The molecule has 4 amide bonds. The van der Waals surface area contributed by atoms with Crippen LogP contribution < -0.4 is 19.7 Å². The molecule has 0 atom stereocenters. The number of benzene rings is 3. The van der Waals surface area contributed by atoms with Gasteiger partial charge in [0.1, 0.15) is 12.2 Å².